The Morgan fingerprint density at radius 1 is 1.08 bits per heavy atom. The topological polar surface area (TPSA) is 23.5 Å². The van der Waals surface area contributed by atoms with Crippen LogP contribution in [-0.2, 0) is 5.41 Å². The number of hydrogen-bond donors (Lipinski definition) is 1. The van der Waals surface area contributed by atoms with Gasteiger partial charge < -0.3 is 10.0 Å². The molecule has 4 atom stereocenters. The number of aromatic hydroxyl groups is 1. The molecule has 2 heteroatoms. The molecule has 26 heavy (non-hydrogen) atoms. The molecule has 0 spiro atoms. The fourth-order valence-electron chi connectivity index (χ4n) is 6.54. The first-order valence-electron chi connectivity index (χ1n) is 10.8. The molecule has 1 aromatic carbocycles. The highest BCUT2D eigenvalue weighted by molar-refractivity contribution is 5.35. The molecular weight excluding hydrogens is 318 g/mol. The van der Waals surface area contributed by atoms with Gasteiger partial charge in [0.25, 0.3) is 0 Å². The first-order valence-corrected chi connectivity index (χ1v) is 10.8. The fraction of sp³-hybridized carbons (Fsp3) is 0.750. The van der Waals surface area contributed by atoms with Gasteiger partial charge in [-0.15, -0.1) is 0 Å². The standard InChI is InChI=1S/C24H39NO/c1-17(2)21-13-12-18(3)23(25(4)5)22(21)24(14-7-6-8-15-24)19-10-9-11-20(26)16-19/h9-11,16-18,21-23,26H,6-8,12-15H2,1-5H3. The first kappa shape index (κ1) is 19.7. The fourth-order valence-corrected chi connectivity index (χ4v) is 6.54. The van der Waals surface area contributed by atoms with Crippen LogP contribution in [0, 0.1) is 23.7 Å². The molecule has 0 heterocycles. The van der Waals surface area contributed by atoms with Crippen LogP contribution in [0.15, 0.2) is 24.3 Å². The minimum atomic E-state index is 0.218. The van der Waals surface area contributed by atoms with Gasteiger partial charge in [-0.05, 0) is 81.1 Å². The summed E-state index contributed by atoms with van der Waals surface area (Å²) in [5.41, 5.74) is 1.61. The second-order valence-electron chi connectivity index (χ2n) is 9.71. The van der Waals surface area contributed by atoms with Crippen molar-refractivity contribution in [3.63, 3.8) is 0 Å². The van der Waals surface area contributed by atoms with Crippen molar-refractivity contribution in [1.82, 2.24) is 4.90 Å². The van der Waals surface area contributed by atoms with Gasteiger partial charge in [-0.25, -0.2) is 0 Å². The number of nitrogens with zero attached hydrogens (tertiary/aromatic N) is 1. The van der Waals surface area contributed by atoms with Crippen molar-refractivity contribution in [2.45, 2.75) is 77.2 Å². The number of phenols is 1. The van der Waals surface area contributed by atoms with Crippen molar-refractivity contribution in [2.24, 2.45) is 23.7 Å². The molecule has 0 aromatic heterocycles. The van der Waals surface area contributed by atoms with Crippen LogP contribution in [0.4, 0.5) is 0 Å². The summed E-state index contributed by atoms with van der Waals surface area (Å²) in [6.45, 7) is 7.33. The molecule has 146 valence electrons. The third kappa shape index (κ3) is 3.54. The molecule has 1 N–H and O–H groups in total. The van der Waals surface area contributed by atoms with Crippen LogP contribution in [0.1, 0.15) is 71.3 Å². The van der Waals surface area contributed by atoms with E-state index in [-0.39, 0.29) is 5.41 Å². The highest BCUT2D eigenvalue weighted by Gasteiger charge is 2.52. The van der Waals surface area contributed by atoms with Gasteiger partial charge in [0, 0.05) is 11.5 Å². The van der Waals surface area contributed by atoms with Crippen molar-refractivity contribution in [1.29, 1.82) is 0 Å². The van der Waals surface area contributed by atoms with Crippen LogP contribution in [0.3, 0.4) is 0 Å². The summed E-state index contributed by atoms with van der Waals surface area (Å²) in [6, 6.07) is 8.88. The molecule has 0 bridgehead atoms. The molecule has 0 amide bonds. The highest BCUT2D eigenvalue weighted by Crippen LogP contribution is 2.55. The quantitative estimate of drug-likeness (QED) is 0.731. The van der Waals surface area contributed by atoms with Crippen LogP contribution >= 0.6 is 0 Å². The minimum absolute atomic E-state index is 0.218. The average molecular weight is 358 g/mol. The smallest absolute Gasteiger partial charge is 0.115 e. The molecule has 0 saturated heterocycles. The lowest BCUT2D eigenvalue weighted by Gasteiger charge is -2.57. The van der Waals surface area contributed by atoms with E-state index in [1.807, 2.05) is 6.07 Å². The lowest BCUT2D eigenvalue weighted by molar-refractivity contribution is -0.0265. The third-order valence-corrected chi connectivity index (χ3v) is 7.63. The van der Waals surface area contributed by atoms with E-state index in [0.717, 1.165) is 11.8 Å². The van der Waals surface area contributed by atoms with Crippen molar-refractivity contribution in [2.75, 3.05) is 14.1 Å². The molecule has 3 rings (SSSR count). The lowest BCUT2D eigenvalue weighted by Crippen LogP contribution is -2.57. The van der Waals surface area contributed by atoms with Gasteiger partial charge in [0.2, 0.25) is 0 Å². The third-order valence-electron chi connectivity index (χ3n) is 7.63. The van der Waals surface area contributed by atoms with E-state index in [1.165, 1.54) is 50.5 Å². The Bertz CT molecular complexity index is 588. The van der Waals surface area contributed by atoms with Gasteiger partial charge in [0.05, 0.1) is 0 Å². The normalized spacial score (nSPS) is 32.1. The maximum Gasteiger partial charge on any atom is 0.115 e. The van der Waals surface area contributed by atoms with Gasteiger partial charge in [-0.2, -0.15) is 0 Å². The Kier molecular flexibility index (Phi) is 6.01. The Morgan fingerprint density at radius 3 is 2.35 bits per heavy atom. The van der Waals surface area contributed by atoms with E-state index in [4.69, 9.17) is 0 Å². The predicted octanol–water partition coefficient (Wildman–Crippen LogP) is 5.84. The lowest BCUT2D eigenvalue weighted by atomic mass is 9.51. The average Bonchev–Trinajstić information content (AvgIpc) is 2.61. The van der Waals surface area contributed by atoms with E-state index < -0.39 is 0 Å². The Morgan fingerprint density at radius 2 is 1.77 bits per heavy atom. The molecule has 1 aromatic rings. The van der Waals surface area contributed by atoms with E-state index in [1.54, 1.807) is 0 Å². The van der Waals surface area contributed by atoms with E-state index in [9.17, 15) is 5.11 Å². The zero-order valence-corrected chi connectivity index (χ0v) is 17.5. The molecule has 0 aliphatic heterocycles. The van der Waals surface area contributed by atoms with Crippen LogP contribution in [0.25, 0.3) is 0 Å². The monoisotopic (exact) mass is 357 g/mol. The van der Waals surface area contributed by atoms with Crippen molar-refractivity contribution >= 4 is 0 Å². The predicted molar refractivity (Wildman–Crippen MR) is 111 cm³/mol. The molecule has 2 saturated carbocycles. The van der Waals surface area contributed by atoms with Crippen LogP contribution in [0.2, 0.25) is 0 Å². The van der Waals surface area contributed by atoms with Crippen LogP contribution < -0.4 is 0 Å². The number of hydrogen-bond acceptors (Lipinski definition) is 2. The van der Waals surface area contributed by atoms with Gasteiger partial charge in [-0.3, -0.25) is 0 Å². The maximum absolute atomic E-state index is 10.2. The van der Waals surface area contributed by atoms with Crippen molar-refractivity contribution in [3.05, 3.63) is 29.8 Å². The zero-order chi connectivity index (χ0) is 18.9. The summed E-state index contributed by atoms with van der Waals surface area (Å²) in [7, 11) is 4.58. The number of rotatable bonds is 4. The molecule has 0 radical (unpaired) electrons. The molecule has 2 aliphatic carbocycles. The summed E-state index contributed by atoms with van der Waals surface area (Å²) >= 11 is 0. The zero-order valence-electron chi connectivity index (χ0n) is 17.5. The maximum atomic E-state index is 10.2. The summed E-state index contributed by atoms with van der Waals surface area (Å²) in [5.74, 6) is 3.31. The Hall–Kier alpha value is -1.02. The molecule has 2 aliphatic rings. The SMILES string of the molecule is CC(C)C1CCC(C)C(N(C)C)C1C1(c2cccc(O)c2)CCCCC1. The minimum Gasteiger partial charge on any atom is -0.508 e. The second kappa shape index (κ2) is 7.92. The van der Waals surface area contributed by atoms with E-state index in [2.05, 4.69) is 58.0 Å². The summed E-state index contributed by atoms with van der Waals surface area (Å²) in [6.07, 6.45) is 9.27. The first-order chi connectivity index (χ1) is 12.4. The molecule has 2 fully saturated rings. The molecule has 4 unspecified atom stereocenters. The van der Waals surface area contributed by atoms with Gasteiger partial charge in [0.1, 0.15) is 5.75 Å². The molecule has 2 nitrogen and oxygen atoms in total. The van der Waals surface area contributed by atoms with E-state index >= 15 is 0 Å². The van der Waals surface area contributed by atoms with E-state index in [0.29, 0.717) is 23.6 Å². The summed E-state index contributed by atoms with van der Waals surface area (Å²) in [5, 5.41) is 10.2. The van der Waals surface area contributed by atoms with Crippen LogP contribution in [0.5, 0.6) is 5.75 Å². The van der Waals surface area contributed by atoms with Crippen LogP contribution in [-0.4, -0.2) is 30.1 Å². The largest absolute Gasteiger partial charge is 0.508 e. The summed E-state index contributed by atoms with van der Waals surface area (Å²) < 4.78 is 0. The second-order valence-corrected chi connectivity index (χ2v) is 9.71. The molecular formula is C24H39NO. The summed E-state index contributed by atoms with van der Waals surface area (Å²) in [4.78, 5) is 2.52. The van der Waals surface area contributed by atoms with Crippen molar-refractivity contribution < 1.29 is 5.11 Å². The Labute approximate surface area is 161 Å². The van der Waals surface area contributed by atoms with Gasteiger partial charge >= 0.3 is 0 Å². The highest BCUT2D eigenvalue weighted by atomic mass is 16.3. The van der Waals surface area contributed by atoms with Gasteiger partial charge in [0.15, 0.2) is 0 Å². The number of phenolic OH excluding ortho intramolecular Hbond substituents is 1. The van der Waals surface area contributed by atoms with Crippen molar-refractivity contribution in [3.8, 4) is 5.75 Å². The van der Waals surface area contributed by atoms with Gasteiger partial charge in [-0.1, -0.05) is 52.2 Å². The number of benzene rings is 1. The Balaban J connectivity index is 2.14.